The molecule has 0 fully saturated rings. The van der Waals surface area contributed by atoms with Crippen LogP contribution in [0.3, 0.4) is 0 Å². The van der Waals surface area contributed by atoms with Crippen LogP contribution in [0.4, 0.5) is 0 Å². The molecule has 4 aromatic rings. The molecule has 2 nitrogen and oxygen atoms in total. The zero-order chi connectivity index (χ0) is 16.5. The van der Waals surface area contributed by atoms with Gasteiger partial charge in [0.2, 0.25) is 0 Å². The van der Waals surface area contributed by atoms with E-state index in [1.807, 2.05) is 12.1 Å². The summed E-state index contributed by atoms with van der Waals surface area (Å²) in [5.41, 5.74) is 2.23. The van der Waals surface area contributed by atoms with Crippen molar-refractivity contribution in [2.75, 3.05) is 14.2 Å². The fourth-order valence-electron chi connectivity index (χ4n) is 3.31. The number of ether oxygens (including phenoxy) is 2. The predicted molar refractivity (Wildman–Crippen MR) is 100.0 cm³/mol. The summed E-state index contributed by atoms with van der Waals surface area (Å²) in [6.07, 6.45) is 0. The summed E-state index contributed by atoms with van der Waals surface area (Å²) in [5.74, 6) is 1.71. The Kier molecular flexibility index (Phi) is 3.58. The van der Waals surface area contributed by atoms with Crippen LogP contribution in [-0.4, -0.2) is 14.2 Å². The highest BCUT2D eigenvalue weighted by atomic mass is 16.5. The highest BCUT2D eigenvalue weighted by Crippen LogP contribution is 2.42. The van der Waals surface area contributed by atoms with Crippen molar-refractivity contribution in [3.63, 3.8) is 0 Å². The number of hydrogen-bond donors (Lipinski definition) is 0. The number of fused-ring (bicyclic) bond motifs is 2. The number of rotatable bonds is 3. The molecule has 0 radical (unpaired) electrons. The molecule has 4 rings (SSSR count). The SMILES string of the molecule is COc1cc(-c2c(OC)ccc3ccccc23)c2ccccc2c1. The van der Waals surface area contributed by atoms with Gasteiger partial charge in [-0.1, -0.05) is 54.6 Å². The summed E-state index contributed by atoms with van der Waals surface area (Å²) >= 11 is 0. The molecule has 0 N–H and O–H groups in total. The van der Waals surface area contributed by atoms with Gasteiger partial charge in [0, 0.05) is 5.56 Å². The first-order valence-corrected chi connectivity index (χ1v) is 7.94. The van der Waals surface area contributed by atoms with Crippen molar-refractivity contribution in [1.82, 2.24) is 0 Å². The fourth-order valence-corrected chi connectivity index (χ4v) is 3.31. The van der Waals surface area contributed by atoms with Gasteiger partial charge >= 0.3 is 0 Å². The molecule has 0 saturated heterocycles. The molecule has 0 aliphatic heterocycles. The molecule has 0 atom stereocenters. The summed E-state index contributed by atoms with van der Waals surface area (Å²) in [6, 6.07) is 25.0. The normalized spacial score (nSPS) is 10.9. The number of methoxy groups -OCH3 is 2. The van der Waals surface area contributed by atoms with E-state index in [0.29, 0.717) is 0 Å². The standard InChI is InChI=1S/C22H18O2/c1-23-17-13-16-8-4-5-9-18(16)20(14-17)22-19-10-6-3-7-15(19)11-12-21(22)24-2/h3-14H,1-2H3. The van der Waals surface area contributed by atoms with E-state index in [0.717, 1.165) is 28.0 Å². The first-order chi connectivity index (χ1) is 11.8. The van der Waals surface area contributed by atoms with E-state index in [-0.39, 0.29) is 0 Å². The first kappa shape index (κ1) is 14.6. The number of benzene rings is 4. The lowest BCUT2D eigenvalue weighted by Crippen LogP contribution is -1.92. The zero-order valence-corrected chi connectivity index (χ0v) is 13.7. The third-order valence-corrected chi connectivity index (χ3v) is 4.45. The minimum Gasteiger partial charge on any atom is -0.497 e. The van der Waals surface area contributed by atoms with Gasteiger partial charge in [-0.2, -0.15) is 0 Å². The maximum Gasteiger partial charge on any atom is 0.127 e. The highest BCUT2D eigenvalue weighted by molar-refractivity contribution is 6.08. The van der Waals surface area contributed by atoms with Gasteiger partial charge in [0.15, 0.2) is 0 Å². The summed E-state index contributed by atoms with van der Waals surface area (Å²) in [4.78, 5) is 0. The van der Waals surface area contributed by atoms with Crippen LogP contribution in [0.5, 0.6) is 11.5 Å². The van der Waals surface area contributed by atoms with Crippen molar-refractivity contribution in [3.05, 3.63) is 72.8 Å². The molecular weight excluding hydrogens is 296 g/mol. The Balaban J connectivity index is 2.16. The summed E-state index contributed by atoms with van der Waals surface area (Å²) in [5, 5.41) is 4.71. The molecule has 0 aliphatic carbocycles. The third-order valence-electron chi connectivity index (χ3n) is 4.45. The second kappa shape index (κ2) is 5.89. The Labute approximate surface area is 141 Å². The van der Waals surface area contributed by atoms with Crippen LogP contribution in [0.1, 0.15) is 0 Å². The average Bonchev–Trinajstić information content (AvgIpc) is 2.66. The van der Waals surface area contributed by atoms with Crippen LogP contribution in [0.25, 0.3) is 32.7 Å². The molecule has 0 aromatic heterocycles. The van der Waals surface area contributed by atoms with Crippen molar-refractivity contribution in [2.24, 2.45) is 0 Å². The lowest BCUT2D eigenvalue weighted by molar-refractivity contribution is 0.414. The van der Waals surface area contributed by atoms with E-state index in [9.17, 15) is 0 Å². The van der Waals surface area contributed by atoms with Gasteiger partial charge in [-0.05, 0) is 45.3 Å². The molecule has 118 valence electrons. The van der Waals surface area contributed by atoms with Crippen molar-refractivity contribution >= 4 is 21.5 Å². The molecular formula is C22H18O2. The molecule has 0 bridgehead atoms. The van der Waals surface area contributed by atoms with E-state index < -0.39 is 0 Å². The van der Waals surface area contributed by atoms with Gasteiger partial charge in [0.05, 0.1) is 14.2 Å². The Bertz CT molecular complexity index is 1030. The summed E-state index contributed by atoms with van der Waals surface area (Å²) in [6.45, 7) is 0. The minimum atomic E-state index is 0.846. The topological polar surface area (TPSA) is 18.5 Å². The van der Waals surface area contributed by atoms with Crippen LogP contribution in [0, 0.1) is 0 Å². The molecule has 0 amide bonds. The second-order valence-electron chi connectivity index (χ2n) is 5.76. The maximum atomic E-state index is 5.69. The van der Waals surface area contributed by atoms with E-state index >= 15 is 0 Å². The van der Waals surface area contributed by atoms with Gasteiger partial charge in [0.1, 0.15) is 11.5 Å². The Morgan fingerprint density at radius 2 is 1.33 bits per heavy atom. The van der Waals surface area contributed by atoms with Crippen LogP contribution in [0.15, 0.2) is 72.8 Å². The Hall–Kier alpha value is -3.00. The second-order valence-corrected chi connectivity index (χ2v) is 5.76. The molecule has 4 aromatic carbocycles. The number of hydrogen-bond acceptors (Lipinski definition) is 2. The quantitative estimate of drug-likeness (QED) is 0.484. The van der Waals surface area contributed by atoms with E-state index in [1.165, 1.54) is 16.2 Å². The van der Waals surface area contributed by atoms with Crippen molar-refractivity contribution in [3.8, 4) is 22.6 Å². The summed E-state index contributed by atoms with van der Waals surface area (Å²) in [7, 11) is 3.42. The van der Waals surface area contributed by atoms with Crippen LogP contribution >= 0.6 is 0 Å². The van der Waals surface area contributed by atoms with Crippen molar-refractivity contribution in [1.29, 1.82) is 0 Å². The van der Waals surface area contributed by atoms with Gasteiger partial charge in [-0.3, -0.25) is 0 Å². The monoisotopic (exact) mass is 314 g/mol. The van der Waals surface area contributed by atoms with Gasteiger partial charge in [-0.15, -0.1) is 0 Å². The largest absolute Gasteiger partial charge is 0.497 e. The fraction of sp³-hybridized carbons (Fsp3) is 0.0909. The van der Waals surface area contributed by atoms with Gasteiger partial charge in [0.25, 0.3) is 0 Å². The molecule has 0 spiro atoms. The summed E-state index contributed by atoms with van der Waals surface area (Å²) < 4.78 is 11.2. The van der Waals surface area contributed by atoms with E-state index in [1.54, 1.807) is 14.2 Å². The molecule has 0 aliphatic rings. The van der Waals surface area contributed by atoms with E-state index in [2.05, 4.69) is 60.7 Å². The lowest BCUT2D eigenvalue weighted by Gasteiger charge is -2.16. The van der Waals surface area contributed by atoms with Crippen LogP contribution < -0.4 is 9.47 Å². The maximum absolute atomic E-state index is 5.69. The Morgan fingerprint density at radius 3 is 2.08 bits per heavy atom. The molecule has 24 heavy (non-hydrogen) atoms. The predicted octanol–water partition coefficient (Wildman–Crippen LogP) is 5.68. The van der Waals surface area contributed by atoms with Crippen molar-refractivity contribution < 1.29 is 9.47 Å². The third kappa shape index (κ3) is 2.28. The molecule has 0 saturated carbocycles. The highest BCUT2D eigenvalue weighted by Gasteiger charge is 2.14. The molecule has 0 unspecified atom stereocenters. The van der Waals surface area contributed by atoms with Gasteiger partial charge < -0.3 is 9.47 Å². The van der Waals surface area contributed by atoms with Crippen molar-refractivity contribution in [2.45, 2.75) is 0 Å². The lowest BCUT2D eigenvalue weighted by atomic mass is 9.93. The minimum absolute atomic E-state index is 0.846. The molecule has 2 heteroatoms. The van der Waals surface area contributed by atoms with Gasteiger partial charge in [-0.25, -0.2) is 0 Å². The van der Waals surface area contributed by atoms with Crippen LogP contribution in [0.2, 0.25) is 0 Å². The molecule has 0 heterocycles. The zero-order valence-electron chi connectivity index (χ0n) is 13.7. The average molecular weight is 314 g/mol. The Morgan fingerprint density at radius 1 is 0.625 bits per heavy atom. The smallest absolute Gasteiger partial charge is 0.127 e. The first-order valence-electron chi connectivity index (χ1n) is 7.94. The van der Waals surface area contributed by atoms with E-state index in [4.69, 9.17) is 9.47 Å². The van der Waals surface area contributed by atoms with Crippen LogP contribution in [-0.2, 0) is 0 Å².